The Hall–Kier alpha value is -2.70. The molecule has 0 saturated heterocycles. The van der Waals surface area contributed by atoms with Gasteiger partial charge in [-0.15, -0.1) is 5.10 Å². The lowest BCUT2D eigenvalue weighted by molar-refractivity contribution is -0.144. The molecule has 0 spiro atoms. The second-order valence-electron chi connectivity index (χ2n) is 5.23. The summed E-state index contributed by atoms with van der Waals surface area (Å²) in [5, 5.41) is 19.5. The Balaban J connectivity index is 2.17. The van der Waals surface area contributed by atoms with E-state index in [0.29, 0.717) is 12.8 Å². The number of carboxylic acids is 1. The number of nitrogens with one attached hydrogen (secondary N) is 1. The van der Waals surface area contributed by atoms with Gasteiger partial charge in [0.05, 0.1) is 11.9 Å². The average molecular weight is 302 g/mol. The molecule has 1 aromatic heterocycles. The quantitative estimate of drug-likeness (QED) is 0.845. The van der Waals surface area contributed by atoms with Gasteiger partial charge in [-0.25, -0.2) is 9.48 Å². The molecule has 0 saturated carbocycles. The smallest absolute Gasteiger partial charge is 0.329 e. The van der Waals surface area contributed by atoms with Gasteiger partial charge in [0, 0.05) is 0 Å². The van der Waals surface area contributed by atoms with E-state index >= 15 is 0 Å². The fourth-order valence-corrected chi connectivity index (χ4v) is 2.11. The predicted octanol–water partition coefficient (Wildman–Crippen LogP) is 1.64. The van der Waals surface area contributed by atoms with E-state index in [9.17, 15) is 14.7 Å². The van der Waals surface area contributed by atoms with Crippen LogP contribution in [0.15, 0.2) is 36.5 Å². The van der Waals surface area contributed by atoms with Gasteiger partial charge in [0.25, 0.3) is 5.91 Å². The lowest BCUT2D eigenvalue weighted by atomic mass is 9.96. The number of nitrogens with zero attached hydrogens (tertiary/aromatic N) is 3. The summed E-state index contributed by atoms with van der Waals surface area (Å²) in [5.41, 5.74) is -0.474. The summed E-state index contributed by atoms with van der Waals surface area (Å²) in [7, 11) is 0. The molecule has 0 fully saturated rings. The van der Waals surface area contributed by atoms with E-state index in [-0.39, 0.29) is 5.69 Å². The van der Waals surface area contributed by atoms with Gasteiger partial charge < -0.3 is 10.4 Å². The molecule has 0 aliphatic rings. The van der Waals surface area contributed by atoms with Crippen molar-refractivity contribution in [3.8, 4) is 5.69 Å². The molecule has 116 valence electrons. The first-order valence-electron chi connectivity index (χ1n) is 7.00. The van der Waals surface area contributed by atoms with Gasteiger partial charge in [0.15, 0.2) is 5.69 Å². The van der Waals surface area contributed by atoms with Gasteiger partial charge in [-0.3, -0.25) is 4.79 Å². The summed E-state index contributed by atoms with van der Waals surface area (Å²) in [4.78, 5) is 23.5. The van der Waals surface area contributed by atoms with Crippen molar-refractivity contribution in [1.29, 1.82) is 0 Å². The van der Waals surface area contributed by atoms with Gasteiger partial charge in [0.1, 0.15) is 5.54 Å². The number of hydrogen-bond acceptors (Lipinski definition) is 4. The van der Waals surface area contributed by atoms with Crippen LogP contribution in [0.1, 0.15) is 37.2 Å². The maximum Gasteiger partial charge on any atom is 0.329 e. The van der Waals surface area contributed by atoms with Crippen LogP contribution in [-0.4, -0.2) is 37.5 Å². The number of benzene rings is 1. The Bertz CT molecular complexity index is 668. The fraction of sp³-hybridized carbons (Fsp3) is 0.333. The molecular formula is C15H18N4O3. The van der Waals surface area contributed by atoms with Crippen LogP contribution in [0.3, 0.4) is 0 Å². The van der Waals surface area contributed by atoms with Crippen molar-refractivity contribution < 1.29 is 14.7 Å². The van der Waals surface area contributed by atoms with E-state index in [0.717, 1.165) is 5.69 Å². The lowest BCUT2D eigenvalue weighted by Gasteiger charge is -2.25. The number of para-hydroxylation sites is 1. The zero-order valence-electron chi connectivity index (χ0n) is 12.5. The van der Waals surface area contributed by atoms with E-state index in [1.54, 1.807) is 0 Å². The minimum Gasteiger partial charge on any atom is -0.480 e. The van der Waals surface area contributed by atoms with Crippen LogP contribution in [0.5, 0.6) is 0 Å². The molecule has 1 atom stereocenters. The van der Waals surface area contributed by atoms with Crippen molar-refractivity contribution in [1.82, 2.24) is 20.3 Å². The molecule has 0 bridgehead atoms. The minimum absolute atomic E-state index is 0.0763. The van der Waals surface area contributed by atoms with Crippen LogP contribution in [0.25, 0.3) is 5.69 Å². The molecule has 2 N–H and O–H groups in total. The lowest BCUT2D eigenvalue weighted by Crippen LogP contribution is -2.52. The maximum absolute atomic E-state index is 12.2. The van der Waals surface area contributed by atoms with Crippen molar-refractivity contribution in [3.63, 3.8) is 0 Å². The highest BCUT2D eigenvalue weighted by Crippen LogP contribution is 2.14. The van der Waals surface area contributed by atoms with Crippen molar-refractivity contribution in [2.45, 2.75) is 32.2 Å². The molecule has 2 rings (SSSR count). The molecule has 7 nitrogen and oxygen atoms in total. The summed E-state index contributed by atoms with van der Waals surface area (Å²) in [6.07, 6.45) is 2.44. The van der Waals surface area contributed by atoms with Gasteiger partial charge in [-0.05, 0) is 25.5 Å². The highest BCUT2D eigenvalue weighted by Gasteiger charge is 2.34. The van der Waals surface area contributed by atoms with Gasteiger partial charge in [-0.1, -0.05) is 36.8 Å². The van der Waals surface area contributed by atoms with Crippen molar-refractivity contribution in [2.75, 3.05) is 0 Å². The maximum atomic E-state index is 12.2. The molecule has 0 aliphatic carbocycles. The Morgan fingerprint density at radius 3 is 2.59 bits per heavy atom. The van der Waals surface area contributed by atoms with E-state index in [4.69, 9.17) is 0 Å². The largest absolute Gasteiger partial charge is 0.480 e. The zero-order valence-corrected chi connectivity index (χ0v) is 12.5. The zero-order chi connectivity index (χ0) is 16.2. The number of hydrogen-bond donors (Lipinski definition) is 2. The summed E-state index contributed by atoms with van der Waals surface area (Å²) in [6, 6.07) is 9.22. The summed E-state index contributed by atoms with van der Waals surface area (Å²) in [5.74, 6) is -1.63. The fourth-order valence-electron chi connectivity index (χ4n) is 2.11. The third-order valence-electron chi connectivity index (χ3n) is 3.36. The van der Waals surface area contributed by atoms with Crippen molar-refractivity contribution in [3.05, 3.63) is 42.2 Å². The number of rotatable bonds is 6. The highest BCUT2D eigenvalue weighted by molar-refractivity contribution is 5.96. The number of amides is 1. The molecule has 1 heterocycles. The molecule has 1 aromatic carbocycles. The molecule has 2 aromatic rings. The van der Waals surface area contributed by atoms with Crippen LogP contribution >= 0.6 is 0 Å². The Morgan fingerprint density at radius 2 is 2.00 bits per heavy atom. The monoisotopic (exact) mass is 302 g/mol. The molecule has 1 amide bonds. The minimum atomic E-state index is -1.32. The number of carboxylic acid groups (broad SMARTS) is 1. The summed E-state index contributed by atoms with van der Waals surface area (Å²) >= 11 is 0. The third kappa shape index (κ3) is 3.30. The second kappa shape index (κ2) is 6.38. The van der Waals surface area contributed by atoms with Crippen LogP contribution in [0.2, 0.25) is 0 Å². The molecule has 0 aliphatic heterocycles. The first-order valence-corrected chi connectivity index (χ1v) is 7.00. The van der Waals surface area contributed by atoms with Crippen LogP contribution in [-0.2, 0) is 4.79 Å². The summed E-state index contributed by atoms with van der Waals surface area (Å²) < 4.78 is 1.47. The van der Waals surface area contributed by atoms with Crippen LogP contribution < -0.4 is 5.32 Å². The van der Waals surface area contributed by atoms with Crippen LogP contribution in [0, 0.1) is 0 Å². The highest BCUT2D eigenvalue weighted by atomic mass is 16.4. The van der Waals surface area contributed by atoms with Gasteiger partial charge >= 0.3 is 5.97 Å². The van der Waals surface area contributed by atoms with E-state index in [2.05, 4.69) is 15.6 Å². The normalized spacial score (nSPS) is 13.4. The Labute approximate surface area is 128 Å². The molecule has 1 unspecified atom stereocenters. The topological polar surface area (TPSA) is 97.1 Å². The number of aromatic nitrogens is 3. The third-order valence-corrected chi connectivity index (χ3v) is 3.36. The first kappa shape index (κ1) is 15.7. The van der Waals surface area contributed by atoms with Crippen molar-refractivity contribution >= 4 is 11.9 Å². The number of aliphatic carboxylic acids is 1. The van der Waals surface area contributed by atoms with Gasteiger partial charge in [-0.2, -0.15) is 0 Å². The molecular weight excluding hydrogens is 284 g/mol. The number of carbonyl (C=O) groups is 2. The number of carbonyl (C=O) groups excluding carboxylic acids is 1. The molecule has 7 heteroatoms. The van der Waals surface area contributed by atoms with Crippen molar-refractivity contribution in [2.24, 2.45) is 0 Å². The second-order valence-corrected chi connectivity index (χ2v) is 5.23. The average Bonchev–Trinajstić information content (AvgIpc) is 2.98. The Kier molecular flexibility index (Phi) is 4.55. The van der Waals surface area contributed by atoms with Gasteiger partial charge in [0.2, 0.25) is 0 Å². The van der Waals surface area contributed by atoms with E-state index < -0.39 is 17.4 Å². The first-order chi connectivity index (χ1) is 10.5. The predicted molar refractivity (Wildman–Crippen MR) is 79.8 cm³/mol. The van der Waals surface area contributed by atoms with E-state index in [1.165, 1.54) is 17.8 Å². The van der Waals surface area contributed by atoms with E-state index in [1.807, 2.05) is 37.3 Å². The molecule has 0 radical (unpaired) electrons. The van der Waals surface area contributed by atoms with Crippen LogP contribution in [0.4, 0.5) is 0 Å². The SMILES string of the molecule is CCCC(C)(NC(=O)c1cn(-c2ccccc2)nn1)C(=O)O. The standard InChI is InChI=1S/C15H18N4O3/c1-3-9-15(2,14(21)22)16-13(20)12-10-19(18-17-12)11-7-5-4-6-8-11/h4-8,10H,3,9H2,1-2H3,(H,16,20)(H,21,22). The summed E-state index contributed by atoms with van der Waals surface area (Å²) in [6.45, 7) is 3.34. The molecule has 22 heavy (non-hydrogen) atoms. The Morgan fingerprint density at radius 1 is 1.32 bits per heavy atom.